The van der Waals surface area contributed by atoms with Gasteiger partial charge in [-0.2, -0.15) is 0 Å². The fraction of sp³-hybridized carbons (Fsp3) is 0.579. The number of nitrogens with zero attached hydrogens (tertiary/aromatic N) is 3. The van der Waals surface area contributed by atoms with Gasteiger partial charge in [-0.1, -0.05) is 0 Å². The van der Waals surface area contributed by atoms with Crippen molar-refractivity contribution in [1.82, 2.24) is 10.2 Å². The van der Waals surface area contributed by atoms with Gasteiger partial charge >= 0.3 is 6.09 Å². The van der Waals surface area contributed by atoms with Gasteiger partial charge in [0.05, 0.1) is 50.3 Å². The van der Waals surface area contributed by atoms with Gasteiger partial charge < -0.3 is 25.4 Å². The quantitative estimate of drug-likeness (QED) is 0.671. The predicted octanol–water partition coefficient (Wildman–Crippen LogP) is -0.253. The van der Waals surface area contributed by atoms with Gasteiger partial charge in [-0.15, -0.1) is 0 Å². The molecule has 0 radical (unpaired) electrons. The van der Waals surface area contributed by atoms with Gasteiger partial charge in [0, 0.05) is 26.2 Å². The second kappa shape index (κ2) is 8.52. The minimum absolute atomic E-state index is 0.125. The van der Waals surface area contributed by atoms with E-state index >= 15 is 0 Å². The van der Waals surface area contributed by atoms with E-state index in [-0.39, 0.29) is 31.4 Å². The summed E-state index contributed by atoms with van der Waals surface area (Å²) in [7, 11) is 0. The zero-order valence-corrected chi connectivity index (χ0v) is 16.2. The molecule has 3 fully saturated rings. The first kappa shape index (κ1) is 19.9. The van der Waals surface area contributed by atoms with Crippen LogP contribution in [0.2, 0.25) is 0 Å². The topological polar surface area (TPSA) is 100 Å². The molecule has 3 N–H and O–H groups in total. The summed E-state index contributed by atoms with van der Waals surface area (Å²) >= 11 is 0. The van der Waals surface area contributed by atoms with Crippen molar-refractivity contribution in [3.8, 4) is 0 Å². The number of halogens is 1. The Morgan fingerprint density at radius 2 is 2.00 bits per heavy atom. The van der Waals surface area contributed by atoms with Crippen molar-refractivity contribution in [3.05, 3.63) is 24.0 Å². The lowest BCUT2D eigenvalue weighted by atomic mass is 10.1. The lowest BCUT2D eigenvalue weighted by molar-refractivity contribution is -0.120. The number of rotatable bonds is 6. The number of nitrogens with two attached hydrogens (primary N) is 1. The van der Waals surface area contributed by atoms with E-state index in [1.54, 1.807) is 12.1 Å². The first-order chi connectivity index (χ1) is 14.0. The fourth-order valence-electron chi connectivity index (χ4n) is 3.82. The van der Waals surface area contributed by atoms with E-state index in [1.165, 1.54) is 11.0 Å². The number of cyclic esters (lactones) is 1. The predicted molar refractivity (Wildman–Crippen MR) is 104 cm³/mol. The zero-order chi connectivity index (χ0) is 20.4. The minimum Gasteiger partial charge on any atom is -0.442 e. The maximum Gasteiger partial charge on any atom is 0.414 e. The van der Waals surface area contributed by atoms with Crippen LogP contribution >= 0.6 is 0 Å². The highest BCUT2D eigenvalue weighted by Crippen LogP contribution is 2.29. The van der Waals surface area contributed by atoms with Crippen LogP contribution in [-0.2, 0) is 14.3 Å². The second-order valence-electron chi connectivity index (χ2n) is 7.47. The molecule has 3 saturated heterocycles. The van der Waals surface area contributed by atoms with E-state index in [0.29, 0.717) is 17.4 Å². The van der Waals surface area contributed by atoms with Gasteiger partial charge in [-0.25, -0.2) is 9.18 Å². The molecule has 3 heterocycles. The average molecular weight is 407 g/mol. The first-order valence-electron chi connectivity index (χ1n) is 9.86. The Balaban J connectivity index is 1.36. The largest absolute Gasteiger partial charge is 0.442 e. The second-order valence-corrected chi connectivity index (χ2v) is 7.47. The van der Waals surface area contributed by atoms with Crippen LogP contribution in [0.15, 0.2) is 18.2 Å². The Labute approximate surface area is 168 Å². The van der Waals surface area contributed by atoms with Crippen LogP contribution in [0.25, 0.3) is 0 Å². The van der Waals surface area contributed by atoms with Crippen molar-refractivity contribution < 1.29 is 23.5 Å². The van der Waals surface area contributed by atoms with Crippen molar-refractivity contribution in [2.45, 2.75) is 12.1 Å². The Bertz CT molecular complexity index is 767. The number of nitrogens with one attached hydrogen (secondary N) is 1. The van der Waals surface area contributed by atoms with Crippen molar-refractivity contribution in [2.24, 2.45) is 5.73 Å². The molecule has 2 amide bonds. The molecule has 3 aliphatic heterocycles. The van der Waals surface area contributed by atoms with Gasteiger partial charge in [0.2, 0.25) is 5.91 Å². The summed E-state index contributed by atoms with van der Waals surface area (Å²) < 4.78 is 25.3. The van der Waals surface area contributed by atoms with Crippen LogP contribution in [-0.4, -0.2) is 88.1 Å². The summed E-state index contributed by atoms with van der Waals surface area (Å²) in [5, 5.41) is 2.59. The van der Waals surface area contributed by atoms with Crippen LogP contribution in [0.3, 0.4) is 0 Å². The molecule has 29 heavy (non-hydrogen) atoms. The van der Waals surface area contributed by atoms with E-state index in [2.05, 4.69) is 10.2 Å². The highest BCUT2D eigenvalue weighted by Gasteiger charge is 2.33. The Morgan fingerprint density at radius 3 is 2.62 bits per heavy atom. The van der Waals surface area contributed by atoms with Gasteiger partial charge in [0.25, 0.3) is 0 Å². The molecular formula is C19H26FN5O4. The maximum absolute atomic E-state index is 14.8. The number of piperazine rings is 1. The van der Waals surface area contributed by atoms with Crippen molar-refractivity contribution >= 4 is 23.4 Å². The zero-order valence-electron chi connectivity index (χ0n) is 16.2. The third kappa shape index (κ3) is 4.29. The number of hydrogen-bond acceptors (Lipinski definition) is 7. The highest BCUT2D eigenvalue weighted by molar-refractivity contribution is 5.90. The summed E-state index contributed by atoms with van der Waals surface area (Å²) in [6.45, 7) is 5.12. The fourth-order valence-corrected chi connectivity index (χ4v) is 3.82. The molecule has 10 heteroatoms. The highest BCUT2D eigenvalue weighted by atomic mass is 19.1. The number of carbonyl (C=O) groups excluding carboxylic acids is 2. The monoisotopic (exact) mass is 407 g/mol. The van der Waals surface area contributed by atoms with E-state index in [9.17, 15) is 14.0 Å². The summed E-state index contributed by atoms with van der Waals surface area (Å²) in [6.07, 6.45) is -1.05. The lowest BCUT2D eigenvalue weighted by Crippen LogP contribution is -2.56. The third-order valence-electron chi connectivity index (χ3n) is 5.62. The number of hydrogen-bond donors (Lipinski definition) is 2. The van der Waals surface area contributed by atoms with E-state index < -0.39 is 12.2 Å². The number of ether oxygens (including phenoxy) is 2. The van der Waals surface area contributed by atoms with Crippen molar-refractivity contribution in [2.75, 3.05) is 68.8 Å². The summed E-state index contributed by atoms with van der Waals surface area (Å²) in [5.41, 5.74) is 6.22. The summed E-state index contributed by atoms with van der Waals surface area (Å²) in [4.78, 5) is 29.2. The number of anilines is 2. The Hall–Kier alpha value is -2.43. The van der Waals surface area contributed by atoms with Crippen LogP contribution in [0.5, 0.6) is 0 Å². The van der Waals surface area contributed by atoms with E-state index in [4.69, 9.17) is 15.2 Å². The van der Waals surface area contributed by atoms with Gasteiger partial charge in [0.1, 0.15) is 11.9 Å². The van der Waals surface area contributed by atoms with E-state index in [1.807, 2.05) is 4.90 Å². The van der Waals surface area contributed by atoms with Crippen molar-refractivity contribution in [1.29, 1.82) is 0 Å². The molecule has 0 spiro atoms. The van der Waals surface area contributed by atoms with Crippen molar-refractivity contribution in [3.63, 3.8) is 0 Å². The van der Waals surface area contributed by atoms with Gasteiger partial charge in [-0.05, 0) is 18.2 Å². The molecule has 158 valence electrons. The molecule has 1 aromatic rings. The summed E-state index contributed by atoms with van der Waals surface area (Å²) in [5.74, 6) is -0.685. The number of amides is 2. The smallest absolute Gasteiger partial charge is 0.414 e. The molecule has 0 aliphatic carbocycles. The number of benzene rings is 1. The number of carbonyl (C=O) groups is 2. The summed E-state index contributed by atoms with van der Waals surface area (Å²) in [6, 6.07) is 5.30. The Kier molecular flexibility index (Phi) is 5.84. The standard InChI is InChI=1S/C19H26FN5O4/c20-16-7-13(25-10-15(29-19(25)27)9-22-18(26)8-21)1-2-17(16)24-5-3-23(4-6-24)14-11-28-12-14/h1-2,7,14-15H,3-6,8-12,21H2,(H,22,26)/t15-/m1/s1. The van der Waals surface area contributed by atoms with Crippen LogP contribution in [0.4, 0.5) is 20.6 Å². The molecule has 0 unspecified atom stereocenters. The third-order valence-corrected chi connectivity index (χ3v) is 5.62. The lowest BCUT2D eigenvalue weighted by Gasteiger charge is -2.43. The molecule has 3 aliphatic rings. The molecule has 4 rings (SSSR count). The molecule has 0 aromatic heterocycles. The van der Waals surface area contributed by atoms with Crippen LogP contribution in [0, 0.1) is 5.82 Å². The molecule has 1 aromatic carbocycles. The first-order valence-corrected chi connectivity index (χ1v) is 9.86. The SMILES string of the molecule is NCC(=O)NC[C@@H]1CN(c2ccc(N3CCN(C4COC4)CC3)c(F)c2)C(=O)O1. The maximum atomic E-state index is 14.8. The molecule has 0 saturated carbocycles. The normalized spacial score (nSPS) is 23.1. The molecular weight excluding hydrogens is 381 g/mol. The van der Waals surface area contributed by atoms with Crippen LogP contribution in [0.1, 0.15) is 0 Å². The van der Waals surface area contributed by atoms with Gasteiger partial charge in [0.15, 0.2) is 0 Å². The molecule has 1 atom stereocenters. The minimum atomic E-state index is -0.555. The van der Waals surface area contributed by atoms with Crippen LogP contribution < -0.4 is 20.9 Å². The van der Waals surface area contributed by atoms with Gasteiger partial charge in [-0.3, -0.25) is 14.6 Å². The molecule has 0 bridgehead atoms. The Morgan fingerprint density at radius 1 is 1.24 bits per heavy atom. The van der Waals surface area contributed by atoms with E-state index in [0.717, 1.165) is 39.4 Å². The molecule has 9 nitrogen and oxygen atoms in total. The average Bonchev–Trinajstić information content (AvgIpc) is 3.06.